The number of nitrogens with zero attached hydrogens (tertiary/aromatic N) is 3. The number of halogens is 3. The van der Waals surface area contributed by atoms with Crippen molar-refractivity contribution in [1.29, 1.82) is 0 Å². The maximum atomic E-state index is 13.6. The van der Waals surface area contributed by atoms with Gasteiger partial charge in [0.05, 0.1) is 11.8 Å². The summed E-state index contributed by atoms with van der Waals surface area (Å²) in [5.74, 6) is -1.25. The quantitative estimate of drug-likeness (QED) is 0.699. The smallest absolute Gasteiger partial charge is 0.351 e. The fraction of sp³-hybridized carbons (Fsp3) is 0.222. The number of amides is 1. The molecule has 1 amide bonds. The molecule has 0 saturated carbocycles. The molecule has 0 aliphatic heterocycles. The molecule has 1 aromatic carbocycles. The predicted octanol–water partition coefficient (Wildman–Crippen LogP) is 2.51. The molecule has 0 radical (unpaired) electrons. The Labute approximate surface area is 157 Å². The van der Waals surface area contributed by atoms with Crippen molar-refractivity contribution in [3.8, 4) is 5.82 Å². The van der Waals surface area contributed by atoms with Crippen LogP contribution in [0.25, 0.3) is 5.82 Å². The SMILES string of the molecule is CC(CNC(=O)c1cnn(-c2ccc(=O)[nH]n2)c1C(F)(F)F)c1ccccc1. The summed E-state index contributed by atoms with van der Waals surface area (Å²) >= 11 is 0. The van der Waals surface area contributed by atoms with Gasteiger partial charge in [0.15, 0.2) is 11.5 Å². The fourth-order valence-electron chi connectivity index (χ4n) is 2.66. The summed E-state index contributed by atoms with van der Waals surface area (Å²) in [5, 5.41) is 11.7. The molecule has 1 atom stereocenters. The van der Waals surface area contributed by atoms with E-state index in [1.807, 2.05) is 42.4 Å². The van der Waals surface area contributed by atoms with Crippen LogP contribution in [0.2, 0.25) is 0 Å². The van der Waals surface area contributed by atoms with Gasteiger partial charge in [0.25, 0.3) is 11.5 Å². The van der Waals surface area contributed by atoms with Crippen molar-refractivity contribution in [1.82, 2.24) is 25.3 Å². The Balaban J connectivity index is 1.86. The highest BCUT2D eigenvalue weighted by atomic mass is 19.4. The molecule has 0 aliphatic rings. The van der Waals surface area contributed by atoms with Crippen molar-refractivity contribution in [2.24, 2.45) is 0 Å². The Kier molecular flexibility index (Phi) is 5.30. The lowest BCUT2D eigenvalue weighted by Crippen LogP contribution is -2.29. The lowest BCUT2D eigenvalue weighted by Gasteiger charge is -2.14. The average Bonchev–Trinajstić information content (AvgIpc) is 3.13. The van der Waals surface area contributed by atoms with Crippen molar-refractivity contribution in [3.05, 3.63) is 75.8 Å². The lowest BCUT2D eigenvalue weighted by molar-refractivity contribution is -0.143. The van der Waals surface area contributed by atoms with Crippen molar-refractivity contribution in [3.63, 3.8) is 0 Å². The van der Waals surface area contributed by atoms with Crippen molar-refractivity contribution in [2.75, 3.05) is 6.54 Å². The van der Waals surface area contributed by atoms with E-state index in [1.54, 1.807) is 0 Å². The van der Waals surface area contributed by atoms with Crippen LogP contribution < -0.4 is 10.9 Å². The van der Waals surface area contributed by atoms with E-state index in [9.17, 15) is 22.8 Å². The number of aromatic amines is 1. The van der Waals surface area contributed by atoms with Gasteiger partial charge in [-0.05, 0) is 17.5 Å². The molecule has 10 heteroatoms. The summed E-state index contributed by atoms with van der Waals surface area (Å²) in [6, 6.07) is 11.4. The first-order valence-electron chi connectivity index (χ1n) is 8.32. The van der Waals surface area contributed by atoms with Crippen LogP contribution in [-0.2, 0) is 6.18 Å². The number of hydrogen-bond donors (Lipinski definition) is 2. The summed E-state index contributed by atoms with van der Waals surface area (Å²) < 4.78 is 41.2. The average molecular weight is 391 g/mol. The van der Waals surface area contributed by atoms with Crippen molar-refractivity contribution < 1.29 is 18.0 Å². The lowest BCUT2D eigenvalue weighted by atomic mass is 10.0. The molecule has 3 rings (SSSR count). The van der Waals surface area contributed by atoms with Gasteiger partial charge >= 0.3 is 6.18 Å². The maximum Gasteiger partial charge on any atom is 0.434 e. The van der Waals surface area contributed by atoms with Gasteiger partial charge in [-0.25, -0.2) is 9.78 Å². The van der Waals surface area contributed by atoms with Gasteiger partial charge in [0.2, 0.25) is 0 Å². The summed E-state index contributed by atoms with van der Waals surface area (Å²) in [7, 11) is 0. The Morgan fingerprint density at radius 3 is 2.54 bits per heavy atom. The number of hydrogen-bond acceptors (Lipinski definition) is 4. The summed E-state index contributed by atoms with van der Waals surface area (Å²) in [5.41, 5.74) is -1.51. The highest BCUT2D eigenvalue weighted by molar-refractivity contribution is 5.95. The van der Waals surface area contributed by atoms with E-state index in [4.69, 9.17) is 0 Å². The third-order valence-corrected chi connectivity index (χ3v) is 4.10. The van der Waals surface area contributed by atoms with Crippen molar-refractivity contribution in [2.45, 2.75) is 19.0 Å². The van der Waals surface area contributed by atoms with Crippen LogP contribution in [0.3, 0.4) is 0 Å². The first kappa shape index (κ1) is 19.3. The highest BCUT2D eigenvalue weighted by Gasteiger charge is 2.41. The molecule has 146 valence electrons. The minimum absolute atomic E-state index is 0.0876. The van der Waals surface area contributed by atoms with E-state index in [1.165, 1.54) is 0 Å². The van der Waals surface area contributed by atoms with Gasteiger partial charge in [0, 0.05) is 12.6 Å². The van der Waals surface area contributed by atoms with E-state index >= 15 is 0 Å². The van der Waals surface area contributed by atoms with Gasteiger partial charge in [-0.1, -0.05) is 37.3 Å². The summed E-state index contributed by atoms with van der Waals surface area (Å²) in [6.45, 7) is 2.01. The summed E-state index contributed by atoms with van der Waals surface area (Å²) in [4.78, 5) is 23.5. The molecule has 0 saturated heterocycles. The second-order valence-electron chi connectivity index (χ2n) is 6.12. The zero-order valence-corrected chi connectivity index (χ0v) is 14.7. The molecular weight excluding hydrogens is 375 g/mol. The summed E-state index contributed by atoms with van der Waals surface area (Å²) in [6.07, 6.45) is -4.02. The normalized spacial score (nSPS) is 12.6. The molecule has 0 spiro atoms. The van der Waals surface area contributed by atoms with Gasteiger partial charge in [-0.2, -0.15) is 23.4 Å². The topological polar surface area (TPSA) is 92.7 Å². The van der Waals surface area contributed by atoms with E-state index in [0.29, 0.717) is 4.68 Å². The molecule has 0 fully saturated rings. The van der Waals surface area contributed by atoms with Crippen LogP contribution in [-0.4, -0.2) is 32.4 Å². The number of alkyl halides is 3. The second kappa shape index (κ2) is 7.67. The largest absolute Gasteiger partial charge is 0.434 e. The maximum absolute atomic E-state index is 13.6. The Bertz CT molecular complexity index is 1010. The zero-order valence-electron chi connectivity index (χ0n) is 14.7. The Morgan fingerprint density at radius 1 is 1.21 bits per heavy atom. The molecule has 1 unspecified atom stereocenters. The van der Waals surface area contributed by atoms with Gasteiger partial charge in [-0.15, -0.1) is 0 Å². The third kappa shape index (κ3) is 4.11. The molecule has 2 N–H and O–H groups in total. The number of aromatic nitrogens is 4. The third-order valence-electron chi connectivity index (χ3n) is 4.10. The molecule has 2 aromatic heterocycles. The number of carbonyl (C=O) groups is 1. The molecular formula is C18H16F3N5O2. The van der Waals surface area contributed by atoms with Crippen LogP contribution in [0.4, 0.5) is 13.2 Å². The van der Waals surface area contributed by atoms with Gasteiger partial charge < -0.3 is 5.32 Å². The molecule has 0 aliphatic carbocycles. The minimum atomic E-state index is -4.86. The second-order valence-corrected chi connectivity index (χ2v) is 6.12. The number of H-pyrrole nitrogens is 1. The first-order valence-corrected chi connectivity index (χ1v) is 8.32. The van der Waals surface area contributed by atoms with Crippen LogP contribution >= 0.6 is 0 Å². The van der Waals surface area contributed by atoms with Crippen LogP contribution in [0.5, 0.6) is 0 Å². The van der Waals surface area contributed by atoms with Crippen LogP contribution in [0, 0.1) is 0 Å². The molecule has 28 heavy (non-hydrogen) atoms. The zero-order chi connectivity index (χ0) is 20.3. The van der Waals surface area contributed by atoms with E-state index < -0.39 is 28.9 Å². The Hall–Kier alpha value is -3.43. The van der Waals surface area contributed by atoms with E-state index in [2.05, 4.69) is 15.5 Å². The molecule has 0 bridgehead atoms. The minimum Gasteiger partial charge on any atom is -0.351 e. The molecule has 2 heterocycles. The number of benzene rings is 1. The number of rotatable bonds is 5. The monoisotopic (exact) mass is 391 g/mol. The van der Waals surface area contributed by atoms with Crippen molar-refractivity contribution >= 4 is 5.91 Å². The van der Waals surface area contributed by atoms with Gasteiger partial charge in [0.1, 0.15) is 0 Å². The Morgan fingerprint density at radius 2 is 1.93 bits per heavy atom. The molecule has 7 nitrogen and oxygen atoms in total. The fourth-order valence-corrected chi connectivity index (χ4v) is 2.66. The standard InChI is InChI=1S/C18H16F3N5O2/c1-11(12-5-3-2-4-6-12)9-22-17(28)13-10-23-26(16(13)18(19,20)21)14-7-8-15(27)25-24-14/h2-8,10-11H,9H2,1H3,(H,22,28)(H,25,27). The number of nitrogens with one attached hydrogen (secondary N) is 2. The van der Waals surface area contributed by atoms with Crippen LogP contribution in [0.15, 0.2) is 53.5 Å². The van der Waals surface area contributed by atoms with Gasteiger partial charge in [-0.3, -0.25) is 9.59 Å². The van der Waals surface area contributed by atoms with Crippen LogP contribution in [0.1, 0.15) is 34.5 Å². The van der Waals surface area contributed by atoms with E-state index in [-0.39, 0.29) is 18.3 Å². The number of carbonyl (C=O) groups excluding carboxylic acids is 1. The molecule has 3 aromatic rings. The van der Waals surface area contributed by atoms with E-state index in [0.717, 1.165) is 23.9 Å². The predicted molar refractivity (Wildman–Crippen MR) is 94.2 cm³/mol. The first-order chi connectivity index (χ1) is 13.3. The highest BCUT2D eigenvalue weighted by Crippen LogP contribution is 2.33.